The minimum atomic E-state index is 0.133. The monoisotopic (exact) mass is 263 g/mol. The molecular weight excluding hydrogens is 238 g/mol. The molecule has 0 unspecified atom stereocenters. The Hall–Kier alpha value is -1.51. The summed E-state index contributed by atoms with van der Waals surface area (Å²) in [5.41, 5.74) is 2.29. The molecule has 0 bridgehead atoms. The van der Waals surface area contributed by atoms with Gasteiger partial charge in [-0.1, -0.05) is 26.0 Å². The lowest BCUT2D eigenvalue weighted by atomic mass is 10.1. The number of carbonyl (C=O) groups excluding carboxylic acids is 1. The maximum Gasteiger partial charge on any atom is 0.220 e. The molecule has 0 fully saturated rings. The smallest absolute Gasteiger partial charge is 0.220 e. The summed E-state index contributed by atoms with van der Waals surface area (Å²) in [4.78, 5) is 11.7. The van der Waals surface area contributed by atoms with Crippen molar-refractivity contribution in [1.29, 1.82) is 0 Å². The molecule has 19 heavy (non-hydrogen) atoms. The Kier molecular flexibility index (Phi) is 6.40. The molecule has 0 aliphatic carbocycles. The third kappa shape index (κ3) is 5.77. The molecule has 0 spiro atoms. The summed E-state index contributed by atoms with van der Waals surface area (Å²) in [6.45, 7) is 7.11. The molecule has 0 saturated heterocycles. The first kappa shape index (κ1) is 15.5. The van der Waals surface area contributed by atoms with Crippen LogP contribution in [-0.2, 0) is 11.2 Å². The van der Waals surface area contributed by atoms with Crippen LogP contribution in [0.15, 0.2) is 18.2 Å². The summed E-state index contributed by atoms with van der Waals surface area (Å²) in [5, 5.41) is 2.96. The summed E-state index contributed by atoms with van der Waals surface area (Å²) in [5.74, 6) is 1.66. The first-order valence-electron chi connectivity index (χ1n) is 6.93. The minimum absolute atomic E-state index is 0.133. The highest BCUT2D eigenvalue weighted by Gasteiger charge is 2.04. The SMILES string of the molecule is COc1ccc(CCC(=O)NCCC(C)C)cc1C. The summed E-state index contributed by atoms with van der Waals surface area (Å²) in [6.07, 6.45) is 2.36. The molecule has 1 N–H and O–H groups in total. The molecule has 0 aliphatic rings. The van der Waals surface area contributed by atoms with E-state index < -0.39 is 0 Å². The van der Waals surface area contributed by atoms with Gasteiger partial charge >= 0.3 is 0 Å². The van der Waals surface area contributed by atoms with Gasteiger partial charge in [0.2, 0.25) is 5.91 Å². The van der Waals surface area contributed by atoms with Crippen LogP contribution in [0.2, 0.25) is 0 Å². The standard InChI is InChI=1S/C16H25NO2/c1-12(2)9-10-17-16(18)8-6-14-5-7-15(19-4)13(3)11-14/h5,7,11-12H,6,8-10H2,1-4H3,(H,17,18). The van der Waals surface area contributed by atoms with Crippen LogP contribution in [0.4, 0.5) is 0 Å². The van der Waals surface area contributed by atoms with Gasteiger partial charge < -0.3 is 10.1 Å². The second-order valence-corrected chi connectivity index (χ2v) is 5.34. The summed E-state index contributed by atoms with van der Waals surface area (Å²) >= 11 is 0. The van der Waals surface area contributed by atoms with Crippen molar-refractivity contribution in [1.82, 2.24) is 5.32 Å². The van der Waals surface area contributed by atoms with E-state index in [4.69, 9.17) is 4.74 Å². The quantitative estimate of drug-likeness (QED) is 0.821. The lowest BCUT2D eigenvalue weighted by Gasteiger charge is -2.09. The molecule has 3 heteroatoms. The van der Waals surface area contributed by atoms with Crippen molar-refractivity contribution in [2.45, 2.75) is 40.0 Å². The molecule has 0 radical (unpaired) electrons. The Balaban J connectivity index is 2.36. The minimum Gasteiger partial charge on any atom is -0.496 e. The van der Waals surface area contributed by atoms with Gasteiger partial charge in [-0.3, -0.25) is 4.79 Å². The van der Waals surface area contributed by atoms with Crippen molar-refractivity contribution in [2.75, 3.05) is 13.7 Å². The fourth-order valence-electron chi connectivity index (χ4n) is 1.94. The molecule has 1 amide bonds. The van der Waals surface area contributed by atoms with Gasteiger partial charge in [-0.05, 0) is 42.9 Å². The molecular formula is C16H25NO2. The summed E-state index contributed by atoms with van der Waals surface area (Å²) in [7, 11) is 1.67. The van der Waals surface area contributed by atoms with E-state index in [0.717, 1.165) is 30.7 Å². The largest absolute Gasteiger partial charge is 0.496 e. The molecule has 0 heterocycles. The van der Waals surface area contributed by atoms with Gasteiger partial charge in [0.05, 0.1) is 7.11 Å². The Morgan fingerprint density at radius 3 is 2.68 bits per heavy atom. The van der Waals surface area contributed by atoms with Gasteiger partial charge in [0.1, 0.15) is 5.75 Å². The number of hydrogen-bond acceptors (Lipinski definition) is 2. The maximum atomic E-state index is 11.7. The number of amides is 1. The fraction of sp³-hybridized carbons (Fsp3) is 0.562. The van der Waals surface area contributed by atoms with Crippen LogP contribution in [0.1, 0.15) is 37.8 Å². The number of methoxy groups -OCH3 is 1. The van der Waals surface area contributed by atoms with Gasteiger partial charge in [-0.2, -0.15) is 0 Å². The molecule has 0 saturated carbocycles. The zero-order valence-electron chi connectivity index (χ0n) is 12.5. The topological polar surface area (TPSA) is 38.3 Å². The molecule has 0 aromatic heterocycles. The fourth-order valence-corrected chi connectivity index (χ4v) is 1.94. The van der Waals surface area contributed by atoms with E-state index in [1.54, 1.807) is 7.11 Å². The van der Waals surface area contributed by atoms with Gasteiger partial charge in [0.25, 0.3) is 0 Å². The van der Waals surface area contributed by atoms with Crippen LogP contribution in [0, 0.1) is 12.8 Å². The second-order valence-electron chi connectivity index (χ2n) is 5.34. The Bertz CT molecular complexity index is 413. The van der Waals surface area contributed by atoms with Crippen LogP contribution >= 0.6 is 0 Å². The normalized spacial score (nSPS) is 10.6. The molecule has 0 atom stereocenters. The van der Waals surface area contributed by atoms with Crippen molar-refractivity contribution >= 4 is 5.91 Å². The third-order valence-corrected chi connectivity index (χ3v) is 3.14. The summed E-state index contributed by atoms with van der Waals surface area (Å²) in [6, 6.07) is 6.06. The second kappa shape index (κ2) is 7.82. The highest BCUT2D eigenvalue weighted by molar-refractivity contribution is 5.76. The van der Waals surface area contributed by atoms with Crippen LogP contribution in [0.3, 0.4) is 0 Å². The number of ether oxygens (including phenoxy) is 1. The van der Waals surface area contributed by atoms with Crippen molar-refractivity contribution in [3.05, 3.63) is 29.3 Å². The average molecular weight is 263 g/mol. The van der Waals surface area contributed by atoms with E-state index in [9.17, 15) is 4.79 Å². The molecule has 1 aromatic carbocycles. The highest BCUT2D eigenvalue weighted by atomic mass is 16.5. The van der Waals surface area contributed by atoms with E-state index in [1.807, 2.05) is 19.1 Å². The van der Waals surface area contributed by atoms with Crippen molar-refractivity contribution in [3.63, 3.8) is 0 Å². The van der Waals surface area contributed by atoms with Crippen molar-refractivity contribution in [2.24, 2.45) is 5.92 Å². The molecule has 0 aliphatic heterocycles. The van der Waals surface area contributed by atoms with E-state index in [1.165, 1.54) is 5.56 Å². The molecule has 1 rings (SSSR count). The highest BCUT2D eigenvalue weighted by Crippen LogP contribution is 2.19. The van der Waals surface area contributed by atoms with Gasteiger partial charge in [-0.15, -0.1) is 0 Å². The summed E-state index contributed by atoms with van der Waals surface area (Å²) < 4.78 is 5.22. The van der Waals surface area contributed by atoms with E-state index in [0.29, 0.717) is 12.3 Å². The zero-order valence-corrected chi connectivity index (χ0v) is 12.5. The number of carbonyl (C=O) groups is 1. The van der Waals surface area contributed by atoms with E-state index in [-0.39, 0.29) is 5.91 Å². The predicted octanol–water partition coefficient (Wildman–Crippen LogP) is 3.10. The number of aryl methyl sites for hydroxylation is 2. The van der Waals surface area contributed by atoms with Gasteiger partial charge in [-0.25, -0.2) is 0 Å². The van der Waals surface area contributed by atoms with Gasteiger partial charge in [0.15, 0.2) is 0 Å². The zero-order chi connectivity index (χ0) is 14.3. The van der Waals surface area contributed by atoms with Crippen LogP contribution in [0.25, 0.3) is 0 Å². The van der Waals surface area contributed by atoms with E-state index >= 15 is 0 Å². The number of nitrogens with one attached hydrogen (secondary N) is 1. The predicted molar refractivity (Wildman–Crippen MR) is 78.5 cm³/mol. The lowest BCUT2D eigenvalue weighted by Crippen LogP contribution is -2.25. The Labute approximate surface area is 116 Å². The first-order chi connectivity index (χ1) is 9.02. The third-order valence-electron chi connectivity index (χ3n) is 3.14. The average Bonchev–Trinajstić information content (AvgIpc) is 2.36. The lowest BCUT2D eigenvalue weighted by molar-refractivity contribution is -0.121. The molecule has 3 nitrogen and oxygen atoms in total. The molecule has 1 aromatic rings. The number of hydrogen-bond donors (Lipinski definition) is 1. The van der Waals surface area contributed by atoms with Crippen LogP contribution < -0.4 is 10.1 Å². The Morgan fingerprint density at radius 2 is 2.11 bits per heavy atom. The maximum absolute atomic E-state index is 11.7. The number of benzene rings is 1. The van der Waals surface area contributed by atoms with Crippen LogP contribution in [-0.4, -0.2) is 19.6 Å². The van der Waals surface area contributed by atoms with Crippen molar-refractivity contribution < 1.29 is 9.53 Å². The molecule has 106 valence electrons. The Morgan fingerprint density at radius 1 is 1.37 bits per heavy atom. The van der Waals surface area contributed by atoms with E-state index in [2.05, 4.69) is 25.2 Å². The van der Waals surface area contributed by atoms with Crippen LogP contribution in [0.5, 0.6) is 5.75 Å². The first-order valence-corrected chi connectivity index (χ1v) is 6.93. The number of rotatable bonds is 7. The van der Waals surface area contributed by atoms with Crippen molar-refractivity contribution in [3.8, 4) is 5.75 Å². The van der Waals surface area contributed by atoms with Gasteiger partial charge in [0, 0.05) is 13.0 Å².